The van der Waals surface area contributed by atoms with Crippen molar-refractivity contribution in [2.45, 2.75) is 4.90 Å². The molecule has 0 aliphatic heterocycles. The van der Waals surface area contributed by atoms with E-state index in [0.29, 0.717) is 0 Å². The van der Waals surface area contributed by atoms with E-state index < -0.39 is 20.7 Å². The van der Waals surface area contributed by atoms with E-state index in [-0.39, 0.29) is 24.9 Å². The maximum atomic E-state index is 12.1. The van der Waals surface area contributed by atoms with E-state index >= 15 is 0 Å². The van der Waals surface area contributed by atoms with Crippen LogP contribution in [0.15, 0.2) is 29.2 Å². The quantitative estimate of drug-likeness (QED) is 0.487. The largest absolute Gasteiger partial charge is 0.506 e. The van der Waals surface area contributed by atoms with Crippen LogP contribution in [-0.4, -0.2) is 18.4 Å². The van der Waals surface area contributed by atoms with Gasteiger partial charge in [-0.25, -0.2) is 8.42 Å². The number of anilines is 1. The number of aromatic hydroxyl groups is 1. The van der Waals surface area contributed by atoms with Crippen LogP contribution in [0.25, 0.3) is 0 Å². The molecule has 0 aliphatic rings. The molecule has 1 aromatic heterocycles. The van der Waals surface area contributed by atoms with Crippen molar-refractivity contribution in [2.24, 2.45) is 0 Å². The summed E-state index contributed by atoms with van der Waals surface area (Å²) in [5, 5.41) is 20.3. The van der Waals surface area contributed by atoms with Gasteiger partial charge in [-0.15, -0.1) is 11.3 Å². The Balaban J connectivity index is 2.43. The fraction of sp³-hybridized carbons (Fsp3) is 0. The molecule has 112 valence electrons. The molecular formula is C10H6Cl2N2O5S2. The number of nitro benzene ring substituents is 1. The molecule has 1 heterocycles. The van der Waals surface area contributed by atoms with Crippen molar-refractivity contribution < 1.29 is 18.4 Å². The predicted octanol–water partition coefficient (Wildman–Crippen LogP) is 3.47. The Kier molecular flexibility index (Phi) is 4.28. The van der Waals surface area contributed by atoms with Gasteiger partial charge < -0.3 is 5.11 Å². The Morgan fingerprint density at radius 3 is 2.48 bits per heavy atom. The van der Waals surface area contributed by atoms with Crippen molar-refractivity contribution in [1.82, 2.24) is 0 Å². The highest BCUT2D eigenvalue weighted by atomic mass is 35.5. The highest BCUT2D eigenvalue weighted by Gasteiger charge is 2.23. The van der Waals surface area contributed by atoms with Crippen LogP contribution < -0.4 is 4.72 Å². The number of non-ortho nitro benzene ring substituents is 1. The zero-order chi connectivity index (χ0) is 15.8. The van der Waals surface area contributed by atoms with Gasteiger partial charge in [0.2, 0.25) is 0 Å². The molecule has 21 heavy (non-hydrogen) atoms. The Labute approximate surface area is 132 Å². The van der Waals surface area contributed by atoms with E-state index in [1.807, 2.05) is 4.72 Å². The number of hydrogen-bond donors (Lipinski definition) is 2. The van der Waals surface area contributed by atoms with Crippen LogP contribution >= 0.6 is 34.5 Å². The van der Waals surface area contributed by atoms with Gasteiger partial charge in [-0.05, 0) is 12.1 Å². The molecule has 0 fully saturated rings. The minimum atomic E-state index is -4.13. The molecule has 0 amide bonds. The zero-order valence-corrected chi connectivity index (χ0v) is 13.1. The molecule has 0 aliphatic carbocycles. The Morgan fingerprint density at radius 1 is 1.29 bits per heavy atom. The molecular weight excluding hydrogens is 363 g/mol. The first-order valence-corrected chi connectivity index (χ1v) is 8.21. The predicted molar refractivity (Wildman–Crippen MR) is 79.9 cm³/mol. The number of phenolic OH excluding ortho intramolecular Hbond substituents is 1. The number of hydrogen-bond acceptors (Lipinski definition) is 6. The summed E-state index contributed by atoms with van der Waals surface area (Å²) < 4.78 is 26.4. The summed E-state index contributed by atoms with van der Waals surface area (Å²) in [5.41, 5.74) is -0.706. The Hall–Kier alpha value is -1.55. The van der Waals surface area contributed by atoms with E-state index in [4.69, 9.17) is 23.2 Å². The average molecular weight is 369 g/mol. The van der Waals surface area contributed by atoms with Crippen LogP contribution in [-0.2, 0) is 10.0 Å². The number of nitrogens with zero attached hydrogens (tertiary/aromatic N) is 1. The molecule has 7 nitrogen and oxygen atoms in total. The molecule has 0 radical (unpaired) electrons. The SMILES string of the molecule is O=[N+]([O-])c1ccc(O)c(NS(=O)(=O)c2cc(Cl)sc2Cl)c1. The van der Waals surface area contributed by atoms with Gasteiger partial charge in [-0.2, -0.15) is 0 Å². The normalized spacial score (nSPS) is 11.3. The summed E-state index contributed by atoms with van der Waals surface area (Å²) in [6.07, 6.45) is 0. The molecule has 2 rings (SSSR count). The highest BCUT2D eigenvalue weighted by molar-refractivity contribution is 7.93. The smallest absolute Gasteiger partial charge is 0.271 e. The van der Waals surface area contributed by atoms with Crippen molar-refractivity contribution in [3.63, 3.8) is 0 Å². The standard InChI is InChI=1S/C10H6Cl2N2O5S2/c11-9-4-8(10(12)20-9)21(18,19)13-6-3-5(14(16)17)1-2-7(6)15/h1-4,13,15H. The third kappa shape index (κ3) is 3.38. The van der Waals surface area contributed by atoms with Crippen LogP contribution in [0.1, 0.15) is 0 Å². The van der Waals surface area contributed by atoms with Crippen molar-refractivity contribution in [3.05, 3.63) is 43.1 Å². The summed E-state index contributed by atoms with van der Waals surface area (Å²) in [6.45, 7) is 0. The lowest BCUT2D eigenvalue weighted by Crippen LogP contribution is -2.12. The van der Waals surface area contributed by atoms with Crippen LogP contribution in [0.3, 0.4) is 0 Å². The van der Waals surface area contributed by atoms with E-state index in [0.717, 1.165) is 35.6 Å². The van der Waals surface area contributed by atoms with Crippen molar-refractivity contribution in [1.29, 1.82) is 0 Å². The Bertz CT molecular complexity index is 819. The molecule has 0 saturated carbocycles. The van der Waals surface area contributed by atoms with E-state index in [9.17, 15) is 23.6 Å². The lowest BCUT2D eigenvalue weighted by molar-refractivity contribution is -0.384. The van der Waals surface area contributed by atoms with Gasteiger partial charge in [0.25, 0.3) is 15.7 Å². The van der Waals surface area contributed by atoms with Gasteiger partial charge in [0, 0.05) is 12.1 Å². The van der Waals surface area contributed by atoms with Gasteiger partial charge >= 0.3 is 0 Å². The van der Waals surface area contributed by atoms with Crippen LogP contribution in [0.5, 0.6) is 5.75 Å². The summed E-state index contributed by atoms with van der Waals surface area (Å²) in [7, 11) is -4.13. The van der Waals surface area contributed by atoms with E-state index in [1.54, 1.807) is 0 Å². The molecule has 0 bridgehead atoms. The Morgan fingerprint density at radius 2 is 1.95 bits per heavy atom. The second-order valence-electron chi connectivity index (χ2n) is 3.75. The van der Waals surface area contributed by atoms with E-state index in [2.05, 4.69) is 0 Å². The number of rotatable bonds is 4. The number of nitrogens with one attached hydrogen (secondary N) is 1. The summed E-state index contributed by atoms with van der Waals surface area (Å²) in [6, 6.07) is 4.10. The summed E-state index contributed by atoms with van der Waals surface area (Å²) in [5.74, 6) is -0.457. The minimum absolute atomic E-state index is 0.0579. The van der Waals surface area contributed by atoms with Gasteiger partial charge in [0.1, 0.15) is 15.0 Å². The maximum Gasteiger partial charge on any atom is 0.271 e. The van der Waals surface area contributed by atoms with Crippen molar-refractivity contribution in [3.8, 4) is 5.75 Å². The molecule has 2 N–H and O–H groups in total. The number of nitro groups is 1. The average Bonchev–Trinajstić information content (AvgIpc) is 2.71. The minimum Gasteiger partial charge on any atom is -0.506 e. The first kappa shape index (κ1) is 15.8. The lowest BCUT2D eigenvalue weighted by atomic mass is 10.2. The van der Waals surface area contributed by atoms with Gasteiger partial charge in [-0.1, -0.05) is 23.2 Å². The first-order chi connectivity index (χ1) is 9.70. The van der Waals surface area contributed by atoms with Crippen molar-refractivity contribution in [2.75, 3.05) is 4.72 Å². The summed E-state index contributed by atoms with van der Waals surface area (Å²) >= 11 is 12.3. The number of thiophene rings is 1. The molecule has 0 spiro atoms. The molecule has 0 atom stereocenters. The molecule has 2 aromatic rings. The topological polar surface area (TPSA) is 110 Å². The monoisotopic (exact) mass is 368 g/mol. The third-order valence-electron chi connectivity index (χ3n) is 2.35. The first-order valence-electron chi connectivity index (χ1n) is 5.16. The van der Waals surface area contributed by atoms with Gasteiger partial charge in [0.15, 0.2) is 0 Å². The van der Waals surface area contributed by atoms with Gasteiger partial charge in [0.05, 0.1) is 14.9 Å². The van der Waals surface area contributed by atoms with Gasteiger partial charge in [-0.3, -0.25) is 14.8 Å². The zero-order valence-electron chi connectivity index (χ0n) is 9.91. The maximum absolute atomic E-state index is 12.1. The second-order valence-corrected chi connectivity index (χ2v) is 7.69. The highest BCUT2D eigenvalue weighted by Crippen LogP contribution is 2.36. The molecule has 11 heteroatoms. The number of phenols is 1. The number of benzene rings is 1. The van der Waals surface area contributed by atoms with E-state index in [1.165, 1.54) is 0 Å². The second kappa shape index (κ2) is 5.68. The van der Waals surface area contributed by atoms with Crippen LogP contribution in [0.4, 0.5) is 11.4 Å². The fourth-order valence-electron chi connectivity index (χ4n) is 1.43. The lowest BCUT2D eigenvalue weighted by Gasteiger charge is -2.08. The third-order valence-corrected chi connectivity index (χ3v) is 5.47. The molecule has 1 aromatic carbocycles. The van der Waals surface area contributed by atoms with Crippen LogP contribution in [0, 0.1) is 10.1 Å². The van der Waals surface area contributed by atoms with Crippen LogP contribution in [0.2, 0.25) is 8.67 Å². The molecule has 0 saturated heterocycles. The van der Waals surface area contributed by atoms with Crippen molar-refractivity contribution >= 4 is 55.9 Å². The number of sulfonamides is 1. The fourth-order valence-corrected chi connectivity index (χ4v) is 4.64. The molecule has 0 unspecified atom stereocenters. The summed E-state index contributed by atoms with van der Waals surface area (Å²) in [4.78, 5) is 9.68. The number of halogens is 2.